The lowest BCUT2D eigenvalue weighted by molar-refractivity contribution is 0.140. The van der Waals surface area contributed by atoms with E-state index in [1.807, 2.05) is 0 Å². The summed E-state index contributed by atoms with van der Waals surface area (Å²) in [5.41, 5.74) is 1.26. The standard InChI is InChI=1S/C11H9N5O3S/c17-10-14-9-7(8-12-4-13-16(8)10)5-1-2-15(11(18)19)3-6(5)20-9/h4H,1-3H2,(H,14,17)(H,18,19). The van der Waals surface area contributed by atoms with E-state index in [2.05, 4.69) is 15.1 Å². The molecule has 3 aromatic rings. The van der Waals surface area contributed by atoms with Crippen molar-refractivity contribution >= 4 is 33.3 Å². The number of amides is 1. The van der Waals surface area contributed by atoms with E-state index < -0.39 is 6.09 Å². The molecule has 9 heteroatoms. The Balaban J connectivity index is 2.02. The van der Waals surface area contributed by atoms with Gasteiger partial charge in [0, 0.05) is 11.4 Å². The summed E-state index contributed by atoms with van der Waals surface area (Å²) >= 11 is 1.41. The molecule has 4 heterocycles. The molecular formula is C11H9N5O3S. The molecule has 0 radical (unpaired) electrons. The Hall–Kier alpha value is -2.42. The first-order valence-electron chi connectivity index (χ1n) is 5.99. The minimum absolute atomic E-state index is 0.335. The number of H-pyrrole nitrogens is 1. The van der Waals surface area contributed by atoms with Crippen molar-refractivity contribution in [3.05, 3.63) is 27.3 Å². The Morgan fingerprint density at radius 2 is 2.35 bits per heavy atom. The highest BCUT2D eigenvalue weighted by atomic mass is 32.1. The minimum atomic E-state index is -0.922. The van der Waals surface area contributed by atoms with Gasteiger partial charge in [0.1, 0.15) is 11.2 Å². The van der Waals surface area contributed by atoms with E-state index in [9.17, 15) is 9.59 Å². The number of fused-ring (bicyclic) bond motifs is 5. The average molecular weight is 291 g/mol. The van der Waals surface area contributed by atoms with Crippen molar-refractivity contribution in [3.8, 4) is 0 Å². The lowest BCUT2D eigenvalue weighted by atomic mass is 10.1. The Labute approximate surface area is 115 Å². The van der Waals surface area contributed by atoms with Gasteiger partial charge in [0.05, 0.1) is 11.9 Å². The van der Waals surface area contributed by atoms with Crippen LogP contribution in [0.5, 0.6) is 0 Å². The third-order valence-corrected chi connectivity index (χ3v) is 4.64. The molecule has 0 saturated heterocycles. The highest BCUT2D eigenvalue weighted by Gasteiger charge is 2.26. The van der Waals surface area contributed by atoms with Crippen LogP contribution in [0, 0.1) is 0 Å². The molecule has 8 nitrogen and oxygen atoms in total. The van der Waals surface area contributed by atoms with Crippen LogP contribution in [0.4, 0.5) is 4.79 Å². The normalized spacial score (nSPS) is 14.9. The van der Waals surface area contributed by atoms with E-state index in [0.29, 0.717) is 25.2 Å². The Kier molecular flexibility index (Phi) is 2.16. The number of nitrogens with zero attached hydrogens (tertiary/aromatic N) is 4. The van der Waals surface area contributed by atoms with Crippen LogP contribution >= 0.6 is 11.3 Å². The molecule has 0 aliphatic carbocycles. The van der Waals surface area contributed by atoms with Gasteiger partial charge in [-0.15, -0.1) is 11.3 Å². The Morgan fingerprint density at radius 1 is 1.50 bits per heavy atom. The fourth-order valence-electron chi connectivity index (χ4n) is 2.60. The monoisotopic (exact) mass is 291 g/mol. The van der Waals surface area contributed by atoms with Gasteiger partial charge in [0.25, 0.3) is 0 Å². The van der Waals surface area contributed by atoms with E-state index in [1.54, 1.807) is 0 Å². The second-order valence-electron chi connectivity index (χ2n) is 4.59. The predicted molar refractivity (Wildman–Crippen MR) is 71.1 cm³/mol. The molecule has 0 unspecified atom stereocenters. The average Bonchev–Trinajstić information content (AvgIpc) is 3.00. The van der Waals surface area contributed by atoms with Crippen molar-refractivity contribution in [3.63, 3.8) is 0 Å². The van der Waals surface area contributed by atoms with Crippen molar-refractivity contribution in [2.45, 2.75) is 13.0 Å². The van der Waals surface area contributed by atoms with E-state index in [0.717, 1.165) is 20.7 Å². The smallest absolute Gasteiger partial charge is 0.407 e. The SMILES string of the molecule is O=C(O)N1CCc2c(sc3[nH]c(=O)n4ncnc4c23)C1. The van der Waals surface area contributed by atoms with E-state index in [-0.39, 0.29) is 5.69 Å². The summed E-state index contributed by atoms with van der Waals surface area (Å²) in [6.45, 7) is 0.805. The van der Waals surface area contributed by atoms with Gasteiger partial charge >= 0.3 is 11.8 Å². The van der Waals surface area contributed by atoms with Crippen LogP contribution in [0.3, 0.4) is 0 Å². The highest BCUT2D eigenvalue weighted by Crippen LogP contribution is 2.35. The highest BCUT2D eigenvalue weighted by molar-refractivity contribution is 7.19. The molecule has 0 spiro atoms. The Morgan fingerprint density at radius 3 is 3.15 bits per heavy atom. The quantitative estimate of drug-likeness (QED) is 0.633. The van der Waals surface area contributed by atoms with E-state index in [4.69, 9.17) is 5.11 Å². The maximum absolute atomic E-state index is 11.8. The van der Waals surface area contributed by atoms with Gasteiger partial charge in [-0.25, -0.2) is 14.6 Å². The van der Waals surface area contributed by atoms with Crippen LogP contribution in [-0.4, -0.2) is 42.2 Å². The third-order valence-electron chi connectivity index (χ3n) is 3.51. The molecule has 2 N–H and O–H groups in total. The minimum Gasteiger partial charge on any atom is -0.465 e. The second kappa shape index (κ2) is 3.79. The summed E-state index contributed by atoms with van der Waals surface area (Å²) in [5.74, 6) is 0. The predicted octanol–water partition coefficient (Wildman–Crippen LogP) is 0.668. The lowest BCUT2D eigenvalue weighted by Gasteiger charge is -2.23. The van der Waals surface area contributed by atoms with Crippen LogP contribution in [0.1, 0.15) is 10.4 Å². The van der Waals surface area contributed by atoms with E-state index in [1.165, 1.54) is 27.1 Å². The zero-order valence-corrected chi connectivity index (χ0v) is 11.0. The molecule has 1 amide bonds. The molecule has 102 valence electrons. The van der Waals surface area contributed by atoms with Gasteiger partial charge in [-0.2, -0.15) is 9.61 Å². The summed E-state index contributed by atoms with van der Waals surface area (Å²) < 4.78 is 1.24. The molecule has 1 aliphatic heterocycles. The van der Waals surface area contributed by atoms with Gasteiger partial charge in [-0.1, -0.05) is 0 Å². The number of carboxylic acid groups (broad SMARTS) is 1. The van der Waals surface area contributed by atoms with Crippen molar-refractivity contribution in [1.29, 1.82) is 0 Å². The van der Waals surface area contributed by atoms with Crippen molar-refractivity contribution in [2.75, 3.05) is 6.54 Å². The van der Waals surface area contributed by atoms with Crippen LogP contribution < -0.4 is 5.69 Å². The third kappa shape index (κ3) is 1.40. The molecule has 20 heavy (non-hydrogen) atoms. The number of hydrogen-bond donors (Lipinski definition) is 2. The van der Waals surface area contributed by atoms with Gasteiger partial charge in [-0.05, 0) is 12.0 Å². The molecule has 0 saturated carbocycles. The summed E-state index contributed by atoms with van der Waals surface area (Å²) in [4.78, 5) is 32.9. The maximum Gasteiger partial charge on any atom is 0.407 e. The molecule has 3 aromatic heterocycles. The number of aromatic amines is 1. The van der Waals surface area contributed by atoms with Crippen molar-refractivity contribution in [2.24, 2.45) is 0 Å². The van der Waals surface area contributed by atoms with Gasteiger partial charge in [-0.3, -0.25) is 4.98 Å². The van der Waals surface area contributed by atoms with Crippen molar-refractivity contribution in [1.82, 2.24) is 24.5 Å². The van der Waals surface area contributed by atoms with Gasteiger partial charge in [0.2, 0.25) is 0 Å². The molecule has 0 bridgehead atoms. The van der Waals surface area contributed by atoms with Crippen LogP contribution in [0.25, 0.3) is 15.9 Å². The molecule has 0 atom stereocenters. The summed E-state index contributed by atoms with van der Waals surface area (Å²) in [6, 6.07) is 0. The summed E-state index contributed by atoms with van der Waals surface area (Å²) in [6.07, 6.45) is 1.05. The molecule has 4 rings (SSSR count). The maximum atomic E-state index is 11.8. The van der Waals surface area contributed by atoms with E-state index >= 15 is 0 Å². The molecule has 0 aromatic carbocycles. The second-order valence-corrected chi connectivity index (χ2v) is 5.69. The number of thiophene rings is 1. The van der Waals surface area contributed by atoms with Gasteiger partial charge < -0.3 is 10.0 Å². The van der Waals surface area contributed by atoms with Crippen LogP contribution in [0.15, 0.2) is 11.1 Å². The number of aromatic nitrogens is 4. The number of rotatable bonds is 0. The molecular weight excluding hydrogens is 282 g/mol. The number of nitrogens with one attached hydrogen (secondary N) is 1. The largest absolute Gasteiger partial charge is 0.465 e. The summed E-state index contributed by atoms with van der Waals surface area (Å²) in [5, 5.41) is 13.9. The van der Waals surface area contributed by atoms with Crippen LogP contribution in [0.2, 0.25) is 0 Å². The zero-order chi connectivity index (χ0) is 13.9. The van der Waals surface area contributed by atoms with Crippen molar-refractivity contribution < 1.29 is 9.90 Å². The Bertz CT molecular complexity index is 908. The molecule has 1 aliphatic rings. The fourth-order valence-corrected chi connectivity index (χ4v) is 3.85. The topological polar surface area (TPSA) is 104 Å². The number of carbonyl (C=O) groups is 1. The zero-order valence-electron chi connectivity index (χ0n) is 10.2. The first-order chi connectivity index (χ1) is 9.65. The summed E-state index contributed by atoms with van der Waals surface area (Å²) in [7, 11) is 0. The first-order valence-corrected chi connectivity index (χ1v) is 6.81. The number of hydrogen-bond acceptors (Lipinski definition) is 5. The lowest BCUT2D eigenvalue weighted by Crippen LogP contribution is -2.34. The first kappa shape index (κ1) is 11.4. The fraction of sp³-hybridized carbons (Fsp3) is 0.273. The molecule has 0 fully saturated rings. The van der Waals surface area contributed by atoms with Crippen LogP contribution in [-0.2, 0) is 13.0 Å². The van der Waals surface area contributed by atoms with Gasteiger partial charge in [0.15, 0.2) is 5.65 Å².